The van der Waals surface area contributed by atoms with Gasteiger partial charge in [0.1, 0.15) is 0 Å². The quantitative estimate of drug-likeness (QED) is 0.402. The molecule has 0 aromatic heterocycles. The highest BCUT2D eigenvalue weighted by Crippen LogP contribution is 2.27. The van der Waals surface area contributed by atoms with Gasteiger partial charge >= 0.3 is 15.6 Å². The average Bonchev–Trinajstić information content (AvgIpc) is 2.14. The lowest BCUT2D eigenvalue weighted by molar-refractivity contribution is -0.0577. The fraction of sp³-hybridized carbons (Fsp3) is 1.00. The maximum atomic E-state index is 12.0. The van der Waals surface area contributed by atoms with Crippen LogP contribution in [-0.4, -0.2) is 20.0 Å². The van der Waals surface area contributed by atoms with Crippen molar-refractivity contribution in [1.29, 1.82) is 0 Å². The summed E-state index contributed by atoms with van der Waals surface area (Å²) in [5, 5.41) is 0. The van der Waals surface area contributed by atoms with Crippen molar-refractivity contribution in [2.24, 2.45) is 0 Å². The number of alkyl halides is 3. The van der Waals surface area contributed by atoms with Crippen LogP contribution in [0.5, 0.6) is 0 Å². The molecule has 98 valence electrons. The zero-order valence-corrected chi connectivity index (χ0v) is 10.2. The van der Waals surface area contributed by atoms with Crippen LogP contribution in [0.4, 0.5) is 13.2 Å². The Kier molecular flexibility index (Phi) is 6.32. The van der Waals surface area contributed by atoms with Gasteiger partial charge in [0, 0.05) is 0 Å². The Labute approximate surface area is 94.1 Å². The van der Waals surface area contributed by atoms with Gasteiger partial charge in [0.2, 0.25) is 0 Å². The molecule has 0 aliphatic carbocycles. The summed E-state index contributed by atoms with van der Waals surface area (Å²) in [6.45, 7) is 3.55. The van der Waals surface area contributed by atoms with Crippen LogP contribution in [-0.2, 0) is 14.3 Å². The van der Waals surface area contributed by atoms with E-state index < -0.39 is 21.7 Å². The molecule has 0 N–H and O–H groups in total. The molecule has 0 fully saturated rings. The van der Waals surface area contributed by atoms with E-state index in [9.17, 15) is 21.6 Å². The highest BCUT2D eigenvalue weighted by Gasteiger charge is 2.48. The lowest BCUT2D eigenvalue weighted by atomic mass is 10.1. The van der Waals surface area contributed by atoms with Gasteiger partial charge in [-0.2, -0.15) is 21.6 Å². The van der Waals surface area contributed by atoms with Crippen molar-refractivity contribution in [2.45, 2.75) is 57.6 Å². The SMILES string of the molecule is CCCCCC(CC)OS(=O)(=O)C(F)(F)F. The molecule has 0 saturated heterocycles. The molecule has 0 saturated carbocycles. The second-order valence-electron chi connectivity index (χ2n) is 3.52. The van der Waals surface area contributed by atoms with E-state index in [4.69, 9.17) is 0 Å². The molecule has 0 radical (unpaired) electrons. The predicted molar refractivity (Wildman–Crippen MR) is 54.3 cm³/mol. The Balaban J connectivity index is 4.32. The summed E-state index contributed by atoms with van der Waals surface area (Å²) in [5.41, 5.74) is -5.33. The molecule has 0 spiro atoms. The molecule has 0 aromatic rings. The third-order valence-corrected chi connectivity index (χ3v) is 3.22. The molecule has 7 heteroatoms. The zero-order chi connectivity index (χ0) is 12.8. The summed E-state index contributed by atoms with van der Waals surface area (Å²) >= 11 is 0. The van der Waals surface area contributed by atoms with Gasteiger partial charge in [-0.25, -0.2) is 0 Å². The van der Waals surface area contributed by atoms with Gasteiger partial charge in [-0.3, -0.25) is 4.18 Å². The Morgan fingerprint density at radius 3 is 2.12 bits per heavy atom. The average molecular weight is 262 g/mol. The van der Waals surface area contributed by atoms with E-state index in [0.29, 0.717) is 12.8 Å². The number of rotatable bonds is 7. The van der Waals surface area contributed by atoms with E-state index in [0.717, 1.165) is 12.8 Å². The Bertz CT molecular complexity index is 285. The molecule has 0 aliphatic heterocycles. The largest absolute Gasteiger partial charge is 0.523 e. The van der Waals surface area contributed by atoms with E-state index in [1.165, 1.54) is 0 Å². The first kappa shape index (κ1) is 15.7. The van der Waals surface area contributed by atoms with Crippen LogP contribution in [0.2, 0.25) is 0 Å². The van der Waals surface area contributed by atoms with Gasteiger partial charge in [-0.15, -0.1) is 0 Å². The molecule has 16 heavy (non-hydrogen) atoms. The summed E-state index contributed by atoms with van der Waals surface area (Å²) < 4.78 is 61.6. The van der Waals surface area contributed by atoms with Crippen molar-refractivity contribution in [3.63, 3.8) is 0 Å². The van der Waals surface area contributed by atoms with Crippen LogP contribution in [0, 0.1) is 0 Å². The van der Waals surface area contributed by atoms with Gasteiger partial charge in [0.15, 0.2) is 0 Å². The lowest BCUT2D eigenvalue weighted by Gasteiger charge is -2.16. The second-order valence-corrected chi connectivity index (χ2v) is 5.09. The van der Waals surface area contributed by atoms with Crippen LogP contribution in [0.15, 0.2) is 0 Å². The third-order valence-electron chi connectivity index (χ3n) is 2.13. The van der Waals surface area contributed by atoms with Gasteiger partial charge in [0.05, 0.1) is 6.10 Å². The van der Waals surface area contributed by atoms with Crippen LogP contribution < -0.4 is 0 Å². The molecule has 0 bridgehead atoms. The molecule has 3 nitrogen and oxygen atoms in total. The maximum absolute atomic E-state index is 12.0. The summed E-state index contributed by atoms with van der Waals surface area (Å²) in [5.74, 6) is 0. The Hall–Kier alpha value is -0.300. The second kappa shape index (κ2) is 6.44. The number of hydrogen-bond donors (Lipinski definition) is 0. The monoisotopic (exact) mass is 262 g/mol. The van der Waals surface area contributed by atoms with Gasteiger partial charge in [-0.05, 0) is 12.8 Å². The van der Waals surface area contributed by atoms with E-state index in [1.807, 2.05) is 6.92 Å². The van der Waals surface area contributed by atoms with Gasteiger partial charge in [0.25, 0.3) is 0 Å². The van der Waals surface area contributed by atoms with Crippen LogP contribution in [0.1, 0.15) is 46.0 Å². The smallest absolute Gasteiger partial charge is 0.260 e. The van der Waals surface area contributed by atoms with Crippen molar-refractivity contribution in [2.75, 3.05) is 0 Å². The Morgan fingerprint density at radius 2 is 1.75 bits per heavy atom. The summed E-state index contributed by atoms with van der Waals surface area (Å²) in [6, 6.07) is 0. The Morgan fingerprint density at radius 1 is 1.19 bits per heavy atom. The summed E-state index contributed by atoms with van der Waals surface area (Å²) in [6.07, 6.45) is 2.15. The van der Waals surface area contributed by atoms with E-state index >= 15 is 0 Å². The summed E-state index contributed by atoms with van der Waals surface area (Å²) in [4.78, 5) is 0. The first-order valence-electron chi connectivity index (χ1n) is 5.24. The van der Waals surface area contributed by atoms with Gasteiger partial charge in [-0.1, -0.05) is 33.1 Å². The highest BCUT2D eigenvalue weighted by atomic mass is 32.2. The first-order valence-corrected chi connectivity index (χ1v) is 6.65. The van der Waals surface area contributed by atoms with Crippen molar-refractivity contribution in [3.8, 4) is 0 Å². The fourth-order valence-electron chi connectivity index (χ4n) is 1.18. The first-order chi connectivity index (χ1) is 7.24. The van der Waals surface area contributed by atoms with Crippen LogP contribution in [0.25, 0.3) is 0 Å². The lowest BCUT2D eigenvalue weighted by Crippen LogP contribution is -2.29. The molecule has 0 aromatic carbocycles. The minimum absolute atomic E-state index is 0.249. The van der Waals surface area contributed by atoms with Crippen molar-refractivity contribution < 1.29 is 25.8 Å². The fourth-order valence-corrected chi connectivity index (χ4v) is 1.88. The van der Waals surface area contributed by atoms with Gasteiger partial charge < -0.3 is 0 Å². The number of unbranched alkanes of at least 4 members (excludes halogenated alkanes) is 2. The van der Waals surface area contributed by atoms with E-state index in [-0.39, 0.29) is 6.42 Å². The molecular weight excluding hydrogens is 245 g/mol. The van der Waals surface area contributed by atoms with Crippen LogP contribution >= 0.6 is 0 Å². The molecule has 0 aliphatic rings. The normalized spacial score (nSPS) is 15.1. The van der Waals surface area contributed by atoms with Crippen LogP contribution in [0.3, 0.4) is 0 Å². The molecule has 1 unspecified atom stereocenters. The standard InChI is InChI=1S/C9H17F3O3S/c1-3-5-6-7-8(4-2)15-16(13,14)9(10,11)12/h8H,3-7H2,1-2H3. The molecular formula is C9H17F3O3S. The molecule has 1 atom stereocenters. The highest BCUT2D eigenvalue weighted by molar-refractivity contribution is 7.87. The topological polar surface area (TPSA) is 43.4 Å². The van der Waals surface area contributed by atoms with Crippen molar-refractivity contribution in [3.05, 3.63) is 0 Å². The zero-order valence-electron chi connectivity index (χ0n) is 9.38. The minimum Gasteiger partial charge on any atom is -0.260 e. The number of halogens is 3. The third kappa shape index (κ3) is 5.16. The summed E-state index contributed by atoms with van der Waals surface area (Å²) in [7, 11) is -5.45. The van der Waals surface area contributed by atoms with E-state index in [1.54, 1.807) is 6.92 Å². The predicted octanol–water partition coefficient (Wildman–Crippen LogP) is 3.21. The number of hydrogen-bond acceptors (Lipinski definition) is 3. The van der Waals surface area contributed by atoms with E-state index in [2.05, 4.69) is 4.18 Å². The molecule has 0 rings (SSSR count). The maximum Gasteiger partial charge on any atom is 0.523 e. The van der Waals surface area contributed by atoms with Crippen molar-refractivity contribution >= 4 is 10.1 Å². The molecule has 0 heterocycles. The molecule has 0 amide bonds. The van der Waals surface area contributed by atoms with Crippen molar-refractivity contribution in [1.82, 2.24) is 0 Å². The minimum atomic E-state index is -5.45.